The molecule has 5 rings (SSSR count). The van der Waals surface area contributed by atoms with Crippen molar-refractivity contribution >= 4 is 91.6 Å². The second kappa shape index (κ2) is 11.0. The fourth-order valence-corrected chi connectivity index (χ4v) is 17.5. The summed E-state index contributed by atoms with van der Waals surface area (Å²) in [7, 11) is -6.65. The lowest BCUT2D eigenvalue weighted by Crippen LogP contribution is -2.57. The first kappa shape index (κ1) is 31.7. The summed E-state index contributed by atoms with van der Waals surface area (Å²) in [4.78, 5) is 2.57. The molecule has 43 heavy (non-hydrogen) atoms. The quantitative estimate of drug-likeness (QED) is 0.127. The van der Waals surface area contributed by atoms with Gasteiger partial charge in [0, 0.05) is 22.1 Å². The monoisotopic (exact) mass is 633 g/mol. The highest BCUT2D eigenvalue weighted by atomic mass is 28.3. The van der Waals surface area contributed by atoms with E-state index in [1.807, 2.05) is 0 Å². The van der Waals surface area contributed by atoms with Crippen LogP contribution in [0.5, 0.6) is 0 Å². The molecular weight excluding hydrogens is 583 g/mol. The molecule has 0 N–H and O–H groups in total. The van der Waals surface area contributed by atoms with Crippen molar-refractivity contribution in [2.45, 2.75) is 78.6 Å². The van der Waals surface area contributed by atoms with E-state index in [0.29, 0.717) is 0 Å². The van der Waals surface area contributed by atoms with Gasteiger partial charge in [0.15, 0.2) is 0 Å². The van der Waals surface area contributed by atoms with Gasteiger partial charge in [0.25, 0.3) is 0 Å². The summed E-state index contributed by atoms with van der Waals surface area (Å²) >= 11 is 0. The Hall–Kier alpha value is -2.71. The van der Waals surface area contributed by atoms with E-state index < -0.39 is 32.3 Å². The van der Waals surface area contributed by atoms with Gasteiger partial charge in [-0.2, -0.15) is 0 Å². The first-order valence-corrected chi connectivity index (χ1v) is 29.9. The van der Waals surface area contributed by atoms with Crippen LogP contribution in [-0.4, -0.2) is 32.3 Å². The Kier molecular flexibility index (Phi) is 8.13. The van der Waals surface area contributed by atoms with Crippen LogP contribution in [0.3, 0.4) is 0 Å². The third kappa shape index (κ3) is 6.14. The topological polar surface area (TPSA) is 3.24 Å². The molecule has 0 aliphatic heterocycles. The molecule has 0 saturated carbocycles. The normalized spacial score (nSPS) is 13.1. The van der Waals surface area contributed by atoms with Crippen molar-refractivity contribution in [1.82, 2.24) is 0 Å². The summed E-state index contributed by atoms with van der Waals surface area (Å²) in [5, 5.41) is 12.2. The number of benzene rings is 5. The molecule has 5 aromatic rings. The number of anilines is 3. The van der Waals surface area contributed by atoms with E-state index in [4.69, 9.17) is 0 Å². The summed E-state index contributed by atoms with van der Waals surface area (Å²) in [5.74, 6) is 0. The lowest BCUT2D eigenvalue weighted by atomic mass is 9.98. The van der Waals surface area contributed by atoms with Gasteiger partial charge < -0.3 is 4.90 Å². The first-order chi connectivity index (χ1) is 19.9. The standard InChI is InChI=1S/C38H51NSi4/c1-40(2,3)33-24-23-28-25-29-26-34(41(4,5)6)35(42(7,8)9)27-32(29)37(36(28)38(33)43(10,11)12)39(30-19-15-13-16-20-30)31-21-17-14-18-22-31/h13-27H,1-12H3. The average Bonchev–Trinajstić information content (AvgIpc) is 2.90. The highest BCUT2D eigenvalue weighted by Gasteiger charge is 2.34. The fourth-order valence-electron chi connectivity index (χ4n) is 6.68. The summed E-state index contributed by atoms with van der Waals surface area (Å²) < 4.78 is 0. The highest BCUT2D eigenvalue weighted by Crippen LogP contribution is 2.43. The van der Waals surface area contributed by atoms with E-state index in [0.717, 1.165) is 0 Å². The molecule has 0 amide bonds. The molecule has 224 valence electrons. The molecule has 0 atom stereocenters. The Morgan fingerprint density at radius 2 is 0.884 bits per heavy atom. The largest absolute Gasteiger partial charge is 0.309 e. The number of hydrogen-bond donors (Lipinski definition) is 0. The second-order valence-corrected chi connectivity index (χ2v) is 36.6. The number of para-hydroxylation sites is 2. The molecule has 0 fully saturated rings. The molecule has 5 aromatic carbocycles. The lowest BCUT2D eigenvalue weighted by Gasteiger charge is -2.35. The first-order valence-electron chi connectivity index (χ1n) is 15.9. The van der Waals surface area contributed by atoms with Gasteiger partial charge in [0.1, 0.15) is 0 Å². The maximum atomic E-state index is 2.65. The van der Waals surface area contributed by atoms with Crippen molar-refractivity contribution in [1.29, 1.82) is 0 Å². The molecule has 0 aliphatic rings. The van der Waals surface area contributed by atoms with Crippen LogP contribution in [0.2, 0.25) is 78.6 Å². The zero-order valence-corrected chi connectivity index (χ0v) is 32.6. The number of rotatable bonds is 7. The van der Waals surface area contributed by atoms with Crippen molar-refractivity contribution in [3.8, 4) is 0 Å². The molecule has 1 nitrogen and oxygen atoms in total. The van der Waals surface area contributed by atoms with Gasteiger partial charge >= 0.3 is 0 Å². The van der Waals surface area contributed by atoms with Crippen LogP contribution in [0.4, 0.5) is 17.1 Å². The maximum Gasteiger partial charge on any atom is 0.0783 e. The van der Waals surface area contributed by atoms with Crippen molar-refractivity contribution in [2.75, 3.05) is 4.90 Å². The zero-order chi connectivity index (χ0) is 31.5. The summed E-state index contributed by atoms with van der Waals surface area (Å²) in [6, 6.07) is 34.9. The number of fused-ring (bicyclic) bond motifs is 2. The Morgan fingerprint density at radius 1 is 0.419 bits per heavy atom. The molecule has 0 bridgehead atoms. The van der Waals surface area contributed by atoms with E-state index >= 15 is 0 Å². The van der Waals surface area contributed by atoms with Crippen LogP contribution in [0.15, 0.2) is 91.0 Å². The van der Waals surface area contributed by atoms with Gasteiger partial charge in [-0.3, -0.25) is 0 Å². The SMILES string of the molecule is C[Si](C)(C)c1cc2cc3ccc([Si](C)(C)C)c([Si](C)(C)C)c3c(N(c3ccccc3)c3ccccc3)c2cc1[Si](C)(C)C. The van der Waals surface area contributed by atoms with E-state index in [2.05, 4.69) is 174 Å². The Balaban J connectivity index is 2.12. The van der Waals surface area contributed by atoms with Crippen LogP contribution in [0, 0.1) is 0 Å². The van der Waals surface area contributed by atoms with Gasteiger partial charge in [-0.05, 0) is 41.1 Å². The minimum absolute atomic E-state index is 1.21. The lowest BCUT2D eigenvalue weighted by molar-refractivity contribution is 1.31. The van der Waals surface area contributed by atoms with Gasteiger partial charge in [-0.15, -0.1) is 0 Å². The smallest absolute Gasteiger partial charge is 0.0783 e. The van der Waals surface area contributed by atoms with Gasteiger partial charge in [-0.1, -0.05) is 160 Å². The van der Waals surface area contributed by atoms with Crippen molar-refractivity contribution < 1.29 is 0 Å². The van der Waals surface area contributed by atoms with Crippen LogP contribution in [0.1, 0.15) is 0 Å². The van der Waals surface area contributed by atoms with E-state index in [1.165, 1.54) is 38.6 Å². The summed E-state index contributed by atoms with van der Waals surface area (Å²) in [6.45, 7) is 30.4. The molecule has 0 aliphatic carbocycles. The van der Waals surface area contributed by atoms with E-state index in [1.54, 1.807) is 20.7 Å². The Bertz CT molecular complexity index is 1740. The zero-order valence-electron chi connectivity index (χ0n) is 28.6. The fraction of sp³-hybridized carbons (Fsp3) is 0.316. The minimum Gasteiger partial charge on any atom is -0.309 e. The van der Waals surface area contributed by atoms with Crippen LogP contribution < -0.4 is 25.6 Å². The number of nitrogens with zero attached hydrogens (tertiary/aromatic N) is 1. The second-order valence-electron chi connectivity index (χ2n) is 16.4. The van der Waals surface area contributed by atoms with Crippen molar-refractivity contribution in [3.05, 3.63) is 91.0 Å². The summed E-state index contributed by atoms with van der Waals surface area (Å²) in [6.07, 6.45) is 0. The molecule has 0 aromatic heterocycles. The van der Waals surface area contributed by atoms with Crippen molar-refractivity contribution in [3.63, 3.8) is 0 Å². The van der Waals surface area contributed by atoms with E-state index in [9.17, 15) is 0 Å². The molecule has 0 radical (unpaired) electrons. The van der Waals surface area contributed by atoms with Gasteiger partial charge in [0.05, 0.1) is 38.0 Å². The van der Waals surface area contributed by atoms with Crippen LogP contribution >= 0.6 is 0 Å². The molecule has 5 heteroatoms. The minimum atomic E-state index is -1.79. The van der Waals surface area contributed by atoms with Crippen LogP contribution in [-0.2, 0) is 0 Å². The molecule has 0 spiro atoms. The van der Waals surface area contributed by atoms with Crippen molar-refractivity contribution in [2.24, 2.45) is 0 Å². The molecule has 0 unspecified atom stereocenters. The van der Waals surface area contributed by atoms with E-state index in [-0.39, 0.29) is 0 Å². The van der Waals surface area contributed by atoms with Gasteiger partial charge in [0.2, 0.25) is 0 Å². The van der Waals surface area contributed by atoms with Gasteiger partial charge in [-0.25, -0.2) is 0 Å². The third-order valence-corrected chi connectivity index (χ3v) is 17.3. The maximum absolute atomic E-state index is 2.65. The average molecular weight is 634 g/mol. The molecule has 0 heterocycles. The number of hydrogen-bond acceptors (Lipinski definition) is 1. The molecular formula is C38H51NSi4. The predicted molar refractivity (Wildman–Crippen MR) is 208 cm³/mol. The Labute approximate surface area is 265 Å². The highest BCUT2D eigenvalue weighted by molar-refractivity contribution is 7.00. The van der Waals surface area contributed by atoms with Crippen LogP contribution in [0.25, 0.3) is 21.5 Å². The predicted octanol–water partition coefficient (Wildman–Crippen LogP) is 9.64. The summed E-state index contributed by atoms with van der Waals surface area (Å²) in [5.41, 5.74) is 3.79. The Morgan fingerprint density at radius 3 is 1.33 bits per heavy atom. The third-order valence-electron chi connectivity index (χ3n) is 8.66. The molecule has 0 saturated heterocycles.